The molecule has 1 aliphatic heterocycles. The van der Waals surface area contributed by atoms with Crippen LogP contribution in [-0.4, -0.2) is 41.7 Å². The van der Waals surface area contributed by atoms with Crippen molar-refractivity contribution >= 4 is 16.9 Å². The normalized spacial score (nSPS) is 17.7. The van der Waals surface area contributed by atoms with Crippen LogP contribution < -0.4 is 10.1 Å². The number of amides is 2. The number of likely N-dealkylation sites (tertiary alicyclic amines) is 1. The molecule has 1 aromatic heterocycles. The molecule has 24 heavy (non-hydrogen) atoms. The maximum atomic E-state index is 12.3. The zero-order valence-electron chi connectivity index (χ0n) is 14.2. The van der Waals surface area contributed by atoms with Gasteiger partial charge >= 0.3 is 6.03 Å². The molecular formula is C19H25N3O2. The topological polar surface area (TPSA) is 54.5 Å². The summed E-state index contributed by atoms with van der Waals surface area (Å²) < 4.78 is 5.81. The highest BCUT2D eigenvalue weighted by molar-refractivity contribution is 5.84. The second kappa shape index (κ2) is 7.99. The van der Waals surface area contributed by atoms with Crippen molar-refractivity contribution in [2.75, 3.05) is 19.7 Å². The highest BCUT2D eigenvalue weighted by Gasteiger charge is 2.24. The molecule has 1 aliphatic rings. The van der Waals surface area contributed by atoms with Crippen molar-refractivity contribution in [1.82, 2.24) is 15.2 Å². The van der Waals surface area contributed by atoms with E-state index in [0.29, 0.717) is 19.2 Å². The number of carbonyl (C=O) groups excluding carboxylic acids is 1. The number of nitrogens with one attached hydrogen (secondary N) is 1. The number of para-hydroxylation sites is 1. The van der Waals surface area contributed by atoms with Crippen LogP contribution in [0.2, 0.25) is 0 Å². The first-order valence-electron chi connectivity index (χ1n) is 8.80. The summed E-state index contributed by atoms with van der Waals surface area (Å²) in [5.74, 6) is 0.756. The highest BCUT2D eigenvalue weighted by Crippen LogP contribution is 2.22. The van der Waals surface area contributed by atoms with Gasteiger partial charge in [0.15, 0.2) is 0 Å². The van der Waals surface area contributed by atoms with Gasteiger partial charge in [-0.15, -0.1) is 0 Å². The van der Waals surface area contributed by atoms with Crippen LogP contribution in [-0.2, 0) is 0 Å². The summed E-state index contributed by atoms with van der Waals surface area (Å²) in [6.45, 7) is 3.94. The minimum atomic E-state index is 0.0289. The first kappa shape index (κ1) is 16.6. The van der Waals surface area contributed by atoms with E-state index in [0.717, 1.165) is 42.5 Å². The molecular weight excluding hydrogens is 302 g/mol. The average Bonchev–Trinajstić information content (AvgIpc) is 2.65. The number of fused-ring (bicyclic) bond motifs is 1. The fraction of sp³-hybridized carbons (Fsp3) is 0.474. The number of hydrogen-bond donors (Lipinski definition) is 1. The Labute approximate surface area is 143 Å². The highest BCUT2D eigenvalue weighted by atomic mass is 16.5. The van der Waals surface area contributed by atoms with Crippen molar-refractivity contribution in [3.8, 4) is 5.75 Å². The van der Waals surface area contributed by atoms with Crippen LogP contribution in [0.5, 0.6) is 5.75 Å². The molecule has 5 heteroatoms. The van der Waals surface area contributed by atoms with Crippen LogP contribution in [0.4, 0.5) is 4.79 Å². The van der Waals surface area contributed by atoms with Gasteiger partial charge in [-0.1, -0.05) is 25.1 Å². The molecule has 0 saturated carbocycles. The zero-order chi connectivity index (χ0) is 16.8. The second-order valence-electron chi connectivity index (χ2n) is 6.16. The summed E-state index contributed by atoms with van der Waals surface area (Å²) in [6, 6.07) is 10.2. The lowest BCUT2D eigenvalue weighted by Gasteiger charge is -2.35. The van der Waals surface area contributed by atoms with Crippen molar-refractivity contribution in [2.24, 2.45) is 0 Å². The summed E-state index contributed by atoms with van der Waals surface area (Å²) in [7, 11) is 0. The molecule has 5 nitrogen and oxygen atoms in total. The van der Waals surface area contributed by atoms with E-state index in [9.17, 15) is 4.79 Å². The van der Waals surface area contributed by atoms with Gasteiger partial charge in [0, 0.05) is 24.2 Å². The Kier molecular flexibility index (Phi) is 5.51. The Hall–Kier alpha value is -2.30. The largest absolute Gasteiger partial charge is 0.489 e. The van der Waals surface area contributed by atoms with Crippen LogP contribution in [0.15, 0.2) is 36.5 Å². The quantitative estimate of drug-likeness (QED) is 0.854. The molecule has 2 heterocycles. The number of nitrogens with zero attached hydrogens (tertiary/aromatic N) is 2. The molecule has 0 aliphatic carbocycles. The van der Waals surface area contributed by atoms with Gasteiger partial charge < -0.3 is 15.0 Å². The lowest BCUT2D eigenvalue weighted by atomic mass is 10.0. The molecule has 1 atom stereocenters. The number of rotatable bonds is 5. The van der Waals surface area contributed by atoms with Crippen LogP contribution in [0, 0.1) is 0 Å². The number of benzene rings is 1. The number of urea groups is 1. The van der Waals surface area contributed by atoms with E-state index in [2.05, 4.69) is 17.2 Å². The number of piperidine rings is 1. The fourth-order valence-electron chi connectivity index (χ4n) is 3.31. The fourth-order valence-corrected chi connectivity index (χ4v) is 3.31. The van der Waals surface area contributed by atoms with Crippen molar-refractivity contribution < 1.29 is 9.53 Å². The van der Waals surface area contributed by atoms with E-state index in [1.54, 1.807) is 6.20 Å². The van der Waals surface area contributed by atoms with E-state index < -0.39 is 0 Å². The lowest BCUT2D eigenvalue weighted by molar-refractivity contribution is 0.147. The maximum Gasteiger partial charge on any atom is 0.317 e. The molecule has 1 N–H and O–H groups in total. The molecule has 1 aromatic carbocycles. The van der Waals surface area contributed by atoms with E-state index in [4.69, 9.17) is 4.74 Å². The third-order valence-electron chi connectivity index (χ3n) is 4.59. The predicted molar refractivity (Wildman–Crippen MR) is 95.3 cm³/mol. The monoisotopic (exact) mass is 327 g/mol. The molecule has 0 spiro atoms. The van der Waals surface area contributed by atoms with Crippen molar-refractivity contribution in [3.63, 3.8) is 0 Å². The summed E-state index contributed by atoms with van der Waals surface area (Å²) in [6.07, 6.45) is 6.22. The van der Waals surface area contributed by atoms with E-state index >= 15 is 0 Å². The Bertz CT molecular complexity index is 684. The molecule has 1 fully saturated rings. The first-order valence-corrected chi connectivity index (χ1v) is 8.80. The maximum absolute atomic E-state index is 12.3. The third-order valence-corrected chi connectivity index (χ3v) is 4.59. The summed E-state index contributed by atoms with van der Waals surface area (Å²) in [5.41, 5.74) is 0.855. The SMILES string of the molecule is CCC1CCCCN1C(=O)NCCOc1cccc2cccnc12. The van der Waals surface area contributed by atoms with Gasteiger partial charge in [0.1, 0.15) is 17.9 Å². The standard InChI is InChI=1S/C19H25N3O2/c1-2-16-9-3-4-13-22(16)19(23)21-12-14-24-17-10-5-7-15-8-6-11-20-18(15)17/h5-8,10-11,16H,2-4,9,12-14H2,1H3,(H,21,23). The van der Waals surface area contributed by atoms with E-state index in [1.165, 1.54) is 6.42 Å². The molecule has 3 rings (SSSR count). The predicted octanol–water partition coefficient (Wildman–Crippen LogP) is 3.59. The molecule has 0 radical (unpaired) electrons. The molecule has 0 bridgehead atoms. The lowest BCUT2D eigenvalue weighted by Crippen LogP contribution is -2.49. The Morgan fingerprint density at radius 3 is 3.08 bits per heavy atom. The number of aromatic nitrogens is 1. The van der Waals surface area contributed by atoms with E-state index in [1.807, 2.05) is 35.2 Å². The Balaban J connectivity index is 1.50. The second-order valence-corrected chi connectivity index (χ2v) is 6.16. The van der Waals surface area contributed by atoms with Crippen LogP contribution in [0.3, 0.4) is 0 Å². The van der Waals surface area contributed by atoms with Crippen molar-refractivity contribution in [3.05, 3.63) is 36.5 Å². The van der Waals surface area contributed by atoms with Crippen molar-refractivity contribution in [1.29, 1.82) is 0 Å². The molecule has 1 saturated heterocycles. The summed E-state index contributed by atoms with van der Waals surface area (Å²) in [4.78, 5) is 18.7. The Morgan fingerprint density at radius 1 is 1.33 bits per heavy atom. The van der Waals surface area contributed by atoms with Crippen LogP contribution in [0.1, 0.15) is 32.6 Å². The molecule has 1 unspecified atom stereocenters. The third kappa shape index (κ3) is 3.78. The average molecular weight is 327 g/mol. The van der Waals surface area contributed by atoms with Crippen LogP contribution in [0.25, 0.3) is 10.9 Å². The van der Waals surface area contributed by atoms with E-state index in [-0.39, 0.29) is 6.03 Å². The van der Waals surface area contributed by atoms with Gasteiger partial charge in [-0.25, -0.2) is 4.79 Å². The van der Waals surface area contributed by atoms with Gasteiger partial charge in [-0.2, -0.15) is 0 Å². The minimum absolute atomic E-state index is 0.0289. The molecule has 2 aromatic rings. The van der Waals surface area contributed by atoms with Crippen molar-refractivity contribution in [2.45, 2.75) is 38.6 Å². The Morgan fingerprint density at radius 2 is 2.21 bits per heavy atom. The number of pyridine rings is 1. The van der Waals surface area contributed by atoms with Crippen LogP contribution >= 0.6 is 0 Å². The van der Waals surface area contributed by atoms with Gasteiger partial charge in [0.2, 0.25) is 0 Å². The smallest absolute Gasteiger partial charge is 0.317 e. The van der Waals surface area contributed by atoms with Gasteiger partial charge in [0.05, 0.1) is 6.54 Å². The minimum Gasteiger partial charge on any atom is -0.489 e. The zero-order valence-corrected chi connectivity index (χ0v) is 14.2. The summed E-state index contributed by atoms with van der Waals surface area (Å²) >= 11 is 0. The molecule has 2 amide bonds. The number of hydrogen-bond acceptors (Lipinski definition) is 3. The number of carbonyl (C=O) groups is 1. The van der Waals surface area contributed by atoms with Gasteiger partial charge in [0.25, 0.3) is 0 Å². The summed E-state index contributed by atoms with van der Waals surface area (Å²) in [5, 5.41) is 4.03. The number of ether oxygens (including phenoxy) is 1. The molecule has 128 valence electrons. The van der Waals surface area contributed by atoms with Gasteiger partial charge in [-0.3, -0.25) is 4.98 Å². The first-order chi connectivity index (χ1) is 11.8. The van der Waals surface area contributed by atoms with Gasteiger partial charge in [-0.05, 0) is 37.8 Å².